The fourth-order valence-electron chi connectivity index (χ4n) is 2.03. The van der Waals surface area contributed by atoms with Gasteiger partial charge < -0.3 is 10.6 Å². The molecule has 1 unspecified atom stereocenters. The van der Waals surface area contributed by atoms with Gasteiger partial charge in [0.05, 0.1) is 0 Å². The van der Waals surface area contributed by atoms with E-state index in [-0.39, 0.29) is 23.0 Å². The predicted molar refractivity (Wildman–Crippen MR) is 63.0 cm³/mol. The van der Waals surface area contributed by atoms with Crippen LogP contribution in [0, 0.1) is 0 Å². The van der Waals surface area contributed by atoms with Crippen LogP contribution in [0.5, 0.6) is 0 Å². The summed E-state index contributed by atoms with van der Waals surface area (Å²) >= 11 is 0. The molecule has 18 heavy (non-hydrogen) atoms. The van der Waals surface area contributed by atoms with Gasteiger partial charge in [0.1, 0.15) is 11.9 Å². The Morgan fingerprint density at radius 2 is 2.22 bits per heavy atom. The maximum Gasteiger partial charge on any atom is 0.260 e. The van der Waals surface area contributed by atoms with Crippen LogP contribution in [0.25, 0.3) is 0 Å². The summed E-state index contributed by atoms with van der Waals surface area (Å²) in [4.78, 5) is -0.0599. The minimum Gasteiger partial charge on any atom is -0.371 e. The van der Waals surface area contributed by atoms with Crippen molar-refractivity contribution < 1.29 is 17.2 Å². The van der Waals surface area contributed by atoms with Gasteiger partial charge in [0, 0.05) is 19.8 Å². The van der Waals surface area contributed by atoms with Gasteiger partial charge in [-0.15, -0.1) is 0 Å². The molecule has 0 fully saturated rings. The molecular formula is C9H14F2N4O2S. The highest BCUT2D eigenvalue weighted by molar-refractivity contribution is 7.91. The molecule has 0 bridgehead atoms. The Balaban J connectivity index is 2.63. The third-order valence-electron chi connectivity index (χ3n) is 2.81. The summed E-state index contributed by atoms with van der Waals surface area (Å²) in [7, 11) is -2.05. The third-order valence-corrected chi connectivity index (χ3v) is 3.94. The quantitative estimate of drug-likeness (QED) is 0.862. The van der Waals surface area contributed by atoms with Gasteiger partial charge in [0.2, 0.25) is 0 Å². The van der Waals surface area contributed by atoms with Crippen molar-refractivity contribution >= 4 is 21.5 Å². The van der Waals surface area contributed by atoms with Crippen molar-refractivity contribution in [2.45, 2.75) is 23.8 Å². The number of fused-ring (bicyclic) bond motifs is 1. The lowest BCUT2D eigenvalue weighted by molar-refractivity contribution is 0.0715. The van der Waals surface area contributed by atoms with Crippen molar-refractivity contribution in [3.63, 3.8) is 0 Å². The van der Waals surface area contributed by atoms with Crippen LogP contribution in [-0.2, 0) is 9.84 Å². The Morgan fingerprint density at radius 1 is 1.56 bits per heavy atom. The van der Waals surface area contributed by atoms with E-state index in [1.165, 1.54) is 7.05 Å². The van der Waals surface area contributed by atoms with E-state index in [9.17, 15) is 17.2 Å². The van der Waals surface area contributed by atoms with E-state index >= 15 is 0 Å². The summed E-state index contributed by atoms with van der Waals surface area (Å²) in [6.07, 6.45) is -1.35. The third kappa shape index (κ3) is 2.02. The summed E-state index contributed by atoms with van der Waals surface area (Å²) < 4.78 is 50.2. The molecule has 0 aromatic carbocycles. The van der Waals surface area contributed by atoms with Gasteiger partial charge in [0.15, 0.2) is 20.6 Å². The largest absolute Gasteiger partial charge is 0.371 e. The number of aromatic nitrogens is 2. The molecule has 1 aliphatic heterocycles. The van der Waals surface area contributed by atoms with E-state index in [4.69, 9.17) is 0 Å². The van der Waals surface area contributed by atoms with Gasteiger partial charge >= 0.3 is 0 Å². The van der Waals surface area contributed by atoms with Crippen molar-refractivity contribution in [2.24, 2.45) is 0 Å². The number of hydrogen-bond acceptors (Lipinski definition) is 5. The molecule has 102 valence electrons. The summed E-state index contributed by atoms with van der Waals surface area (Å²) in [5.41, 5.74) is 0. The molecule has 0 spiro atoms. The SMILES string of the molecule is CNc1nn2c(c1S(C)(=O)=O)NCCC2C(F)F. The maximum atomic E-state index is 12.9. The number of anilines is 2. The topological polar surface area (TPSA) is 76.0 Å². The average molecular weight is 280 g/mol. The van der Waals surface area contributed by atoms with E-state index in [1.54, 1.807) is 0 Å². The molecule has 2 heterocycles. The van der Waals surface area contributed by atoms with E-state index in [1.807, 2.05) is 0 Å². The highest BCUT2D eigenvalue weighted by Crippen LogP contribution is 2.36. The van der Waals surface area contributed by atoms with Crippen LogP contribution >= 0.6 is 0 Å². The molecule has 1 aliphatic rings. The van der Waals surface area contributed by atoms with E-state index < -0.39 is 22.3 Å². The van der Waals surface area contributed by atoms with Crippen LogP contribution in [0.3, 0.4) is 0 Å². The Labute approximate surface area is 103 Å². The van der Waals surface area contributed by atoms with Gasteiger partial charge in [-0.05, 0) is 6.42 Å². The van der Waals surface area contributed by atoms with Crippen LogP contribution in [0.2, 0.25) is 0 Å². The number of alkyl halides is 2. The highest BCUT2D eigenvalue weighted by Gasteiger charge is 2.34. The highest BCUT2D eigenvalue weighted by atomic mass is 32.2. The van der Waals surface area contributed by atoms with Gasteiger partial charge in [-0.2, -0.15) is 5.10 Å². The van der Waals surface area contributed by atoms with Crippen LogP contribution < -0.4 is 10.6 Å². The van der Waals surface area contributed by atoms with Gasteiger partial charge in [0.25, 0.3) is 6.43 Å². The van der Waals surface area contributed by atoms with E-state index in [2.05, 4.69) is 15.7 Å². The first kappa shape index (κ1) is 13.1. The maximum absolute atomic E-state index is 12.9. The number of halogens is 2. The predicted octanol–water partition coefficient (Wildman–Crippen LogP) is 0.950. The number of nitrogens with zero attached hydrogens (tertiary/aromatic N) is 2. The molecule has 0 amide bonds. The first-order chi connectivity index (χ1) is 8.36. The second-order valence-electron chi connectivity index (χ2n) is 4.11. The summed E-state index contributed by atoms with van der Waals surface area (Å²) in [6.45, 7) is 0.298. The first-order valence-corrected chi connectivity index (χ1v) is 7.27. The zero-order valence-electron chi connectivity index (χ0n) is 9.94. The zero-order chi connectivity index (χ0) is 13.5. The van der Waals surface area contributed by atoms with Crippen LogP contribution in [-0.4, -0.2) is 44.5 Å². The summed E-state index contributed by atoms with van der Waals surface area (Å²) in [6, 6.07) is -1.09. The number of rotatable bonds is 3. The lowest BCUT2D eigenvalue weighted by Gasteiger charge is -2.25. The van der Waals surface area contributed by atoms with Crippen LogP contribution in [0.4, 0.5) is 20.4 Å². The summed E-state index contributed by atoms with van der Waals surface area (Å²) in [5.74, 6) is 0.228. The van der Waals surface area contributed by atoms with E-state index in [0.717, 1.165) is 10.9 Å². The van der Waals surface area contributed by atoms with Gasteiger partial charge in [-0.25, -0.2) is 21.9 Å². The van der Waals surface area contributed by atoms with Crippen molar-refractivity contribution in [2.75, 3.05) is 30.5 Å². The summed E-state index contributed by atoms with van der Waals surface area (Å²) in [5, 5.41) is 9.37. The van der Waals surface area contributed by atoms with Gasteiger partial charge in [-0.1, -0.05) is 0 Å². The number of nitrogens with one attached hydrogen (secondary N) is 2. The Bertz CT molecular complexity index is 555. The van der Waals surface area contributed by atoms with Gasteiger partial charge in [-0.3, -0.25) is 0 Å². The molecule has 1 aromatic rings. The molecule has 1 aromatic heterocycles. The second-order valence-corrected chi connectivity index (χ2v) is 6.06. The molecule has 0 aliphatic carbocycles. The Morgan fingerprint density at radius 3 is 2.72 bits per heavy atom. The molecule has 1 atom stereocenters. The molecule has 2 N–H and O–H groups in total. The van der Waals surface area contributed by atoms with Crippen molar-refractivity contribution in [3.8, 4) is 0 Å². The normalized spacial score (nSPS) is 19.5. The van der Waals surface area contributed by atoms with Crippen LogP contribution in [0.15, 0.2) is 4.90 Å². The van der Waals surface area contributed by atoms with Crippen LogP contribution in [0.1, 0.15) is 12.5 Å². The standard InChI is InChI=1S/C9H14F2N4O2S/c1-12-8-6(18(2,16)17)9-13-4-3-5(7(10)11)15(9)14-8/h5,7,13H,3-4H2,1-2H3,(H,12,14). The lowest BCUT2D eigenvalue weighted by atomic mass is 10.2. The zero-order valence-corrected chi connectivity index (χ0v) is 10.8. The van der Waals surface area contributed by atoms with Crippen molar-refractivity contribution in [3.05, 3.63) is 0 Å². The lowest BCUT2D eigenvalue weighted by Crippen LogP contribution is -2.28. The number of sulfone groups is 1. The monoisotopic (exact) mass is 280 g/mol. The first-order valence-electron chi connectivity index (χ1n) is 5.38. The Hall–Kier alpha value is -1.38. The molecule has 2 rings (SSSR count). The smallest absolute Gasteiger partial charge is 0.260 e. The van der Waals surface area contributed by atoms with Crippen molar-refractivity contribution in [1.82, 2.24) is 9.78 Å². The molecular weight excluding hydrogens is 266 g/mol. The minimum atomic E-state index is -3.55. The minimum absolute atomic E-state index is 0.0599. The molecule has 0 saturated heterocycles. The number of hydrogen-bond donors (Lipinski definition) is 2. The molecule has 9 heteroatoms. The fraction of sp³-hybridized carbons (Fsp3) is 0.667. The van der Waals surface area contributed by atoms with Crippen molar-refractivity contribution in [1.29, 1.82) is 0 Å². The molecule has 0 radical (unpaired) electrons. The molecule has 6 nitrogen and oxygen atoms in total. The second kappa shape index (κ2) is 4.38. The average Bonchev–Trinajstić information content (AvgIpc) is 2.65. The van der Waals surface area contributed by atoms with E-state index in [0.29, 0.717) is 6.54 Å². The Kier molecular flexibility index (Phi) is 3.18. The molecule has 0 saturated carbocycles. The fourth-order valence-corrected chi connectivity index (χ4v) is 3.04.